The molecule has 1 rings (SSSR count). The van der Waals surface area contributed by atoms with Gasteiger partial charge in [0.15, 0.2) is 0 Å². The van der Waals surface area contributed by atoms with Crippen molar-refractivity contribution in [2.24, 2.45) is 5.92 Å². The first-order valence-electron chi connectivity index (χ1n) is 4.26. The third-order valence-corrected chi connectivity index (χ3v) is 2.27. The van der Waals surface area contributed by atoms with E-state index in [-0.39, 0.29) is 0 Å². The van der Waals surface area contributed by atoms with Crippen molar-refractivity contribution in [3.63, 3.8) is 0 Å². The Morgan fingerprint density at radius 1 is 1.58 bits per heavy atom. The Morgan fingerprint density at radius 3 is 2.83 bits per heavy atom. The highest BCUT2D eigenvalue weighted by Gasteiger charge is 2.04. The zero-order valence-electron chi connectivity index (χ0n) is 7.95. The van der Waals surface area contributed by atoms with E-state index in [1.165, 1.54) is 5.46 Å². The quantitative estimate of drug-likeness (QED) is 0.636. The van der Waals surface area contributed by atoms with Crippen LogP contribution >= 0.6 is 11.3 Å². The molecule has 3 heteroatoms. The summed E-state index contributed by atoms with van der Waals surface area (Å²) in [5.74, 6) is 0.727. The van der Waals surface area contributed by atoms with Gasteiger partial charge < -0.3 is 4.81 Å². The minimum atomic E-state index is 0.727. The lowest BCUT2D eigenvalue weighted by molar-refractivity contribution is 0.448. The van der Waals surface area contributed by atoms with Gasteiger partial charge in [-0.25, -0.2) is 0 Å². The lowest BCUT2D eigenvalue weighted by atomic mass is 9.83. The molecule has 1 aromatic rings. The van der Waals surface area contributed by atoms with Crippen LogP contribution in [0.15, 0.2) is 16.8 Å². The Hall–Kier alpha value is -0.275. The molecule has 0 spiro atoms. The summed E-state index contributed by atoms with van der Waals surface area (Å²) in [7, 11) is 4.31. The van der Waals surface area contributed by atoms with Crippen molar-refractivity contribution in [1.29, 1.82) is 0 Å². The number of hydrogen-bond acceptors (Lipinski definition) is 2. The lowest BCUT2D eigenvalue weighted by Crippen LogP contribution is -2.34. The Bertz CT molecular complexity index is 208. The maximum absolute atomic E-state index is 2.24. The van der Waals surface area contributed by atoms with E-state index in [0.29, 0.717) is 0 Å². The van der Waals surface area contributed by atoms with Gasteiger partial charge in [-0.15, -0.1) is 0 Å². The molecule has 0 atom stereocenters. The molecule has 0 aromatic carbocycles. The van der Waals surface area contributed by atoms with Gasteiger partial charge in [0.05, 0.1) is 0 Å². The summed E-state index contributed by atoms with van der Waals surface area (Å²) in [5.41, 5.74) is 1.31. The van der Waals surface area contributed by atoms with Gasteiger partial charge >= 0.3 is 0 Å². The van der Waals surface area contributed by atoms with Crippen molar-refractivity contribution in [2.45, 2.75) is 13.8 Å². The first-order chi connectivity index (χ1) is 5.68. The van der Waals surface area contributed by atoms with Crippen molar-refractivity contribution in [1.82, 2.24) is 4.81 Å². The van der Waals surface area contributed by atoms with Crippen LogP contribution in [-0.2, 0) is 0 Å². The summed E-state index contributed by atoms with van der Waals surface area (Å²) in [6, 6.07) is 2.14. The number of thiophene rings is 1. The smallest absolute Gasteiger partial charge is 0.248 e. The molecule has 0 aliphatic rings. The molecule has 1 nitrogen and oxygen atoms in total. The third-order valence-electron chi connectivity index (χ3n) is 1.57. The molecule has 1 aromatic heterocycles. The van der Waals surface area contributed by atoms with E-state index in [2.05, 4.69) is 49.9 Å². The molecule has 0 saturated carbocycles. The summed E-state index contributed by atoms with van der Waals surface area (Å²) in [4.78, 5) is 2.24. The van der Waals surface area contributed by atoms with Gasteiger partial charge in [0.25, 0.3) is 0 Å². The normalized spacial score (nSPS) is 11.1. The van der Waals surface area contributed by atoms with Crippen LogP contribution in [0.3, 0.4) is 0 Å². The standard InChI is InChI=1S/C9H15BNS/c1-8(2)6-11(3)10-9-4-5-12-7-9/h4-5,7-8H,6H2,1-3H3. The van der Waals surface area contributed by atoms with Crippen molar-refractivity contribution < 1.29 is 0 Å². The van der Waals surface area contributed by atoms with Crippen LogP contribution in [0.2, 0.25) is 0 Å². The van der Waals surface area contributed by atoms with E-state index in [1.54, 1.807) is 11.3 Å². The average molecular weight is 180 g/mol. The Morgan fingerprint density at radius 2 is 2.33 bits per heavy atom. The van der Waals surface area contributed by atoms with Crippen LogP contribution in [0.4, 0.5) is 0 Å². The van der Waals surface area contributed by atoms with Crippen LogP contribution in [0.25, 0.3) is 0 Å². The van der Waals surface area contributed by atoms with Crippen molar-refractivity contribution in [3.05, 3.63) is 16.8 Å². The Labute approximate surface area is 79.7 Å². The molecule has 0 N–H and O–H groups in total. The van der Waals surface area contributed by atoms with E-state index in [9.17, 15) is 0 Å². The van der Waals surface area contributed by atoms with Crippen molar-refractivity contribution in [2.75, 3.05) is 13.6 Å². The van der Waals surface area contributed by atoms with Crippen LogP contribution in [0, 0.1) is 5.92 Å². The average Bonchev–Trinajstić information content (AvgIpc) is 2.37. The van der Waals surface area contributed by atoms with Gasteiger partial charge in [-0.1, -0.05) is 25.4 Å². The molecule has 1 heterocycles. The summed E-state index contributed by atoms with van der Waals surface area (Å²) < 4.78 is 0. The third kappa shape index (κ3) is 3.41. The summed E-state index contributed by atoms with van der Waals surface area (Å²) >= 11 is 1.74. The van der Waals surface area contributed by atoms with Crippen LogP contribution in [0.1, 0.15) is 13.8 Å². The zero-order valence-corrected chi connectivity index (χ0v) is 8.77. The van der Waals surface area contributed by atoms with Gasteiger partial charge in [0.2, 0.25) is 7.41 Å². The first-order valence-corrected chi connectivity index (χ1v) is 5.20. The van der Waals surface area contributed by atoms with Crippen LogP contribution in [0.5, 0.6) is 0 Å². The fourth-order valence-corrected chi connectivity index (χ4v) is 1.84. The second kappa shape index (κ2) is 4.68. The highest BCUT2D eigenvalue weighted by molar-refractivity contribution is 7.09. The monoisotopic (exact) mass is 180 g/mol. The second-order valence-corrected chi connectivity index (χ2v) is 4.30. The van der Waals surface area contributed by atoms with Gasteiger partial charge in [-0.05, 0) is 30.3 Å². The Kier molecular flexibility index (Phi) is 3.82. The molecule has 65 valence electrons. The zero-order chi connectivity index (χ0) is 8.97. The molecule has 0 aliphatic heterocycles. The fourth-order valence-electron chi connectivity index (χ4n) is 1.23. The van der Waals surface area contributed by atoms with Crippen molar-refractivity contribution in [3.8, 4) is 0 Å². The SMILES string of the molecule is CC(C)CN(C)[B]c1ccsc1. The molecule has 1 radical (unpaired) electrons. The lowest BCUT2D eigenvalue weighted by Gasteiger charge is -2.16. The van der Waals surface area contributed by atoms with E-state index < -0.39 is 0 Å². The minimum Gasteiger partial charge on any atom is -0.345 e. The molecule has 0 fully saturated rings. The van der Waals surface area contributed by atoms with E-state index in [4.69, 9.17) is 0 Å². The second-order valence-electron chi connectivity index (χ2n) is 3.52. The molecule has 0 bridgehead atoms. The molecule has 0 unspecified atom stereocenters. The summed E-state index contributed by atoms with van der Waals surface area (Å²) in [5, 5.41) is 4.27. The molecule has 0 saturated heterocycles. The molecule has 0 aliphatic carbocycles. The van der Waals surface area contributed by atoms with Crippen LogP contribution < -0.4 is 5.46 Å². The van der Waals surface area contributed by atoms with Gasteiger partial charge in [-0.2, -0.15) is 11.3 Å². The van der Waals surface area contributed by atoms with Crippen molar-refractivity contribution >= 4 is 24.2 Å². The van der Waals surface area contributed by atoms with Gasteiger partial charge in [-0.3, -0.25) is 0 Å². The fraction of sp³-hybridized carbons (Fsp3) is 0.556. The first kappa shape index (κ1) is 9.81. The van der Waals surface area contributed by atoms with Gasteiger partial charge in [0.1, 0.15) is 0 Å². The number of nitrogens with zero attached hydrogens (tertiary/aromatic N) is 1. The summed E-state index contributed by atoms with van der Waals surface area (Å²) in [6.07, 6.45) is 0. The summed E-state index contributed by atoms with van der Waals surface area (Å²) in [6.45, 7) is 5.59. The topological polar surface area (TPSA) is 3.24 Å². The highest BCUT2D eigenvalue weighted by atomic mass is 32.1. The molecular formula is C9H15BNS. The predicted molar refractivity (Wildman–Crippen MR) is 57.2 cm³/mol. The largest absolute Gasteiger partial charge is 0.345 e. The number of hydrogen-bond donors (Lipinski definition) is 0. The van der Waals surface area contributed by atoms with E-state index in [1.807, 2.05) is 0 Å². The van der Waals surface area contributed by atoms with E-state index >= 15 is 0 Å². The maximum Gasteiger partial charge on any atom is 0.248 e. The predicted octanol–water partition coefficient (Wildman–Crippen LogP) is 1.58. The highest BCUT2D eigenvalue weighted by Crippen LogP contribution is 1.96. The number of rotatable bonds is 4. The molecule has 12 heavy (non-hydrogen) atoms. The molecule has 0 amide bonds. The molecular weight excluding hydrogens is 165 g/mol. The Balaban J connectivity index is 2.32. The van der Waals surface area contributed by atoms with E-state index in [0.717, 1.165) is 12.5 Å². The van der Waals surface area contributed by atoms with Crippen LogP contribution in [-0.4, -0.2) is 25.8 Å². The minimum absolute atomic E-state index is 0.727. The van der Waals surface area contributed by atoms with Gasteiger partial charge in [0, 0.05) is 0 Å². The maximum atomic E-state index is 2.24.